The molecule has 1 atom stereocenters. The van der Waals surface area contributed by atoms with E-state index in [1.54, 1.807) is 6.20 Å². The molecule has 23 heavy (non-hydrogen) atoms. The van der Waals surface area contributed by atoms with Gasteiger partial charge in [0.15, 0.2) is 0 Å². The Balaban J connectivity index is 1.64. The zero-order valence-corrected chi connectivity index (χ0v) is 14.2. The molecule has 1 saturated heterocycles. The summed E-state index contributed by atoms with van der Waals surface area (Å²) < 4.78 is 5.49. The molecule has 3 heterocycles. The van der Waals surface area contributed by atoms with Crippen LogP contribution in [0.25, 0.3) is 0 Å². The van der Waals surface area contributed by atoms with Crippen molar-refractivity contribution < 1.29 is 9.53 Å². The fourth-order valence-corrected chi connectivity index (χ4v) is 3.48. The van der Waals surface area contributed by atoms with Crippen molar-refractivity contribution in [1.29, 1.82) is 0 Å². The first-order valence-corrected chi connectivity index (χ1v) is 8.57. The number of nitrogens with one attached hydrogen (secondary N) is 1. The summed E-state index contributed by atoms with van der Waals surface area (Å²) >= 11 is 1.41. The molecule has 0 radical (unpaired) electrons. The third-order valence-electron chi connectivity index (χ3n) is 3.80. The van der Waals surface area contributed by atoms with Crippen LogP contribution in [0.4, 0.5) is 0 Å². The van der Waals surface area contributed by atoms with Gasteiger partial charge in [-0.25, -0.2) is 15.0 Å². The van der Waals surface area contributed by atoms with E-state index in [2.05, 4.69) is 20.3 Å². The fourth-order valence-electron chi connectivity index (χ4n) is 2.65. The zero-order chi connectivity index (χ0) is 16.2. The zero-order valence-electron chi connectivity index (χ0n) is 13.3. The van der Waals surface area contributed by atoms with E-state index in [0.717, 1.165) is 41.7 Å². The van der Waals surface area contributed by atoms with Crippen LogP contribution in [0.5, 0.6) is 0 Å². The second-order valence-corrected chi connectivity index (χ2v) is 6.85. The lowest BCUT2D eigenvalue weighted by Gasteiger charge is -2.20. The van der Waals surface area contributed by atoms with Gasteiger partial charge >= 0.3 is 0 Å². The predicted molar refractivity (Wildman–Crippen MR) is 87.6 cm³/mol. The molecule has 0 aromatic carbocycles. The van der Waals surface area contributed by atoms with Crippen molar-refractivity contribution in [3.63, 3.8) is 0 Å². The Morgan fingerprint density at radius 3 is 3.00 bits per heavy atom. The van der Waals surface area contributed by atoms with E-state index in [-0.39, 0.29) is 11.8 Å². The van der Waals surface area contributed by atoms with Crippen LogP contribution in [-0.4, -0.2) is 34.1 Å². The third kappa shape index (κ3) is 3.92. The summed E-state index contributed by atoms with van der Waals surface area (Å²) in [5.74, 6) is 0.960. The van der Waals surface area contributed by atoms with Crippen LogP contribution in [0.2, 0.25) is 0 Å². The number of amides is 1. The van der Waals surface area contributed by atoms with Crippen molar-refractivity contribution in [3.8, 4) is 0 Å². The topological polar surface area (TPSA) is 77.0 Å². The number of rotatable bonds is 4. The number of carbonyl (C=O) groups excluding carboxylic acids is 1. The Kier molecular flexibility index (Phi) is 4.97. The maximum Gasteiger partial charge on any atom is 0.263 e. The predicted octanol–water partition coefficient (Wildman–Crippen LogP) is 2.37. The highest BCUT2D eigenvalue weighted by Gasteiger charge is 2.19. The van der Waals surface area contributed by atoms with Crippen molar-refractivity contribution in [3.05, 3.63) is 39.4 Å². The molecule has 1 aliphatic rings. The molecule has 122 valence electrons. The van der Waals surface area contributed by atoms with Gasteiger partial charge in [0.05, 0.1) is 29.5 Å². The van der Waals surface area contributed by atoms with Gasteiger partial charge in [-0.1, -0.05) is 0 Å². The van der Waals surface area contributed by atoms with Crippen LogP contribution in [0.15, 0.2) is 12.3 Å². The molecular formula is C16H20N4O2S. The van der Waals surface area contributed by atoms with Crippen molar-refractivity contribution in [2.45, 2.75) is 39.2 Å². The van der Waals surface area contributed by atoms with Gasteiger partial charge in [0.25, 0.3) is 5.91 Å². The summed E-state index contributed by atoms with van der Waals surface area (Å²) in [6.45, 7) is 5.63. The van der Waals surface area contributed by atoms with E-state index >= 15 is 0 Å². The molecule has 0 bridgehead atoms. The molecule has 0 spiro atoms. The molecule has 1 N–H and O–H groups in total. The average Bonchev–Trinajstić information content (AvgIpc) is 2.92. The van der Waals surface area contributed by atoms with Crippen molar-refractivity contribution in [2.75, 3.05) is 13.2 Å². The SMILES string of the molecule is Cc1nc(C)c(C(=O)NCc2ccnc([C@@H]3CCCOC3)n2)s1. The molecule has 0 unspecified atom stereocenters. The van der Waals surface area contributed by atoms with Crippen molar-refractivity contribution in [2.24, 2.45) is 0 Å². The monoisotopic (exact) mass is 332 g/mol. The quantitative estimate of drug-likeness (QED) is 0.930. The molecular weight excluding hydrogens is 312 g/mol. The third-order valence-corrected chi connectivity index (χ3v) is 4.87. The molecule has 3 rings (SSSR count). The number of hydrogen-bond donors (Lipinski definition) is 1. The minimum atomic E-state index is -0.103. The molecule has 0 saturated carbocycles. The van der Waals surface area contributed by atoms with Gasteiger partial charge in [-0.05, 0) is 32.8 Å². The molecule has 7 heteroatoms. The molecule has 1 fully saturated rings. The van der Waals surface area contributed by atoms with Gasteiger partial charge in [0.2, 0.25) is 0 Å². The summed E-state index contributed by atoms with van der Waals surface area (Å²) in [5.41, 5.74) is 1.58. The largest absolute Gasteiger partial charge is 0.381 e. The highest BCUT2D eigenvalue weighted by molar-refractivity contribution is 7.13. The van der Waals surface area contributed by atoms with Crippen LogP contribution in [-0.2, 0) is 11.3 Å². The number of aromatic nitrogens is 3. The molecule has 2 aromatic rings. The van der Waals surface area contributed by atoms with Gasteiger partial charge in [0, 0.05) is 18.7 Å². The Hall–Kier alpha value is -1.86. The first-order chi connectivity index (χ1) is 11.1. The van der Waals surface area contributed by atoms with E-state index in [1.165, 1.54) is 11.3 Å². The summed E-state index contributed by atoms with van der Waals surface area (Å²) in [7, 11) is 0. The van der Waals surface area contributed by atoms with Gasteiger partial charge in [0.1, 0.15) is 10.7 Å². The highest BCUT2D eigenvalue weighted by atomic mass is 32.1. The van der Waals surface area contributed by atoms with E-state index in [0.29, 0.717) is 18.0 Å². The number of thiazole rings is 1. The molecule has 0 aliphatic carbocycles. The molecule has 1 amide bonds. The van der Waals surface area contributed by atoms with Gasteiger partial charge in [-0.3, -0.25) is 4.79 Å². The summed E-state index contributed by atoms with van der Waals surface area (Å²) in [6, 6.07) is 1.83. The second kappa shape index (κ2) is 7.14. The van der Waals surface area contributed by atoms with Gasteiger partial charge in [-0.2, -0.15) is 0 Å². The van der Waals surface area contributed by atoms with Gasteiger partial charge in [-0.15, -0.1) is 11.3 Å². The van der Waals surface area contributed by atoms with Crippen LogP contribution in [0.3, 0.4) is 0 Å². The lowest BCUT2D eigenvalue weighted by atomic mass is 10.0. The maximum absolute atomic E-state index is 12.2. The molecule has 1 aliphatic heterocycles. The Bertz CT molecular complexity index is 695. The van der Waals surface area contributed by atoms with Crippen molar-refractivity contribution >= 4 is 17.2 Å². The standard InChI is InChI=1S/C16H20N4O2S/c1-10-14(23-11(2)19-10)16(21)18-8-13-5-6-17-15(20-13)12-4-3-7-22-9-12/h5-6,12H,3-4,7-9H2,1-2H3,(H,18,21)/t12-/m1/s1. The molecule has 6 nitrogen and oxygen atoms in total. The minimum Gasteiger partial charge on any atom is -0.381 e. The van der Waals surface area contributed by atoms with E-state index < -0.39 is 0 Å². The van der Waals surface area contributed by atoms with Crippen LogP contribution in [0, 0.1) is 13.8 Å². The number of aryl methyl sites for hydroxylation is 2. The summed E-state index contributed by atoms with van der Waals surface area (Å²) in [4.78, 5) is 26.1. The fraction of sp³-hybridized carbons (Fsp3) is 0.500. The normalized spacial score (nSPS) is 17.9. The second-order valence-electron chi connectivity index (χ2n) is 5.65. The van der Waals surface area contributed by atoms with Crippen molar-refractivity contribution in [1.82, 2.24) is 20.3 Å². The first kappa shape index (κ1) is 16.0. The number of carbonyl (C=O) groups is 1. The number of ether oxygens (including phenoxy) is 1. The Labute approximate surface area is 139 Å². The number of nitrogens with zero attached hydrogens (tertiary/aromatic N) is 3. The van der Waals surface area contributed by atoms with Gasteiger partial charge < -0.3 is 10.1 Å². The van der Waals surface area contributed by atoms with E-state index in [9.17, 15) is 4.79 Å². The first-order valence-electron chi connectivity index (χ1n) is 7.75. The Morgan fingerprint density at radius 2 is 2.30 bits per heavy atom. The maximum atomic E-state index is 12.2. The lowest BCUT2D eigenvalue weighted by molar-refractivity contribution is 0.0779. The average molecular weight is 332 g/mol. The van der Waals surface area contributed by atoms with E-state index in [1.807, 2.05) is 19.9 Å². The highest BCUT2D eigenvalue weighted by Crippen LogP contribution is 2.22. The summed E-state index contributed by atoms with van der Waals surface area (Å²) in [6.07, 6.45) is 3.84. The summed E-state index contributed by atoms with van der Waals surface area (Å²) in [5, 5.41) is 3.81. The van der Waals surface area contributed by atoms with Crippen LogP contribution in [0.1, 0.15) is 50.7 Å². The number of hydrogen-bond acceptors (Lipinski definition) is 6. The molecule has 2 aromatic heterocycles. The van der Waals surface area contributed by atoms with Crippen LogP contribution >= 0.6 is 11.3 Å². The Morgan fingerprint density at radius 1 is 1.43 bits per heavy atom. The van der Waals surface area contributed by atoms with E-state index in [4.69, 9.17) is 4.74 Å². The smallest absolute Gasteiger partial charge is 0.263 e. The van der Waals surface area contributed by atoms with Crippen LogP contribution < -0.4 is 5.32 Å². The minimum absolute atomic E-state index is 0.103. The lowest BCUT2D eigenvalue weighted by Crippen LogP contribution is -2.24.